The second kappa shape index (κ2) is 4.99. The molecule has 1 rings (SSSR count). The summed E-state index contributed by atoms with van der Waals surface area (Å²) in [5, 5.41) is 0. The predicted octanol–water partition coefficient (Wildman–Crippen LogP) is -0.309. The van der Waals surface area contributed by atoms with E-state index in [1.807, 2.05) is 4.98 Å². The summed E-state index contributed by atoms with van der Waals surface area (Å²) in [4.78, 5) is 46.7. The Labute approximate surface area is 102 Å². The molecule has 0 amide bonds. The molecule has 7 nitrogen and oxygen atoms in total. The number of aromatic amines is 1. The van der Waals surface area contributed by atoms with Crippen LogP contribution in [0.4, 0.5) is 0 Å². The summed E-state index contributed by atoms with van der Waals surface area (Å²) >= 11 is 0. The number of H-pyrrole nitrogens is 1. The van der Waals surface area contributed by atoms with Crippen LogP contribution in [-0.2, 0) is 16.1 Å². The van der Waals surface area contributed by atoms with E-state index in [1.165, 1.54) is 0 Å². The molecule has 0 saturated heterocycles. The highest BCUT2D eigenvalue weighted by Crippen LogP contribution is 2.07. The van der Waals surface area contributed by atoms with Crippen molar-refractivity contribution in [2.75, 3.05) is 0 Å². The zero-order valence-electron chi connectivity index (χ0n) is 10.4. The van der Waals surface area contributed by atoms with Crippen LogP contribution in [0.1, 0.15) is 31.3 Å². The number of hydrogen-bond acceptors (Lipinski definition) is 5. The SMILES string of the molecule is CC(C)(C)OC(=O)Cn1c(C=O)cc(=O)[nH]c1=O. The number of hydrogen-bond donors (Lipinski definition) is 1. The maximum Gasteiger partial charge on any atom is 0.329 e. The van der Waals surface area contributed by atoms with Crippen LogP contribution in [0.2, 0.25) is 0 Å². The molecule has 0 aliphatic heterocycles. The van der Waals surface area contributed by atoms with E-state index in [4.69, 9.17) is 4.74 Å². The molecule has 1 aromatic rings. The molecule has 1 N–H and O–H groups in total. The lowest BCUT2D eigenvalue weighted by atomic mass is 10.2. The molecule has 0 fully saturated rings. The van der Waals surface area contributed by atoms with E-state index in [1.54, 1.807) is 20.8 Å². The maximum atomic E-state index is 11.5. The number of ether oxygens (including phenoxy) is 1. The van der Waals surface area contributed by atoms with Crippen molar-refractivity contribution in [2.24, 2.45) is 0 Å². The topological polar surface area (TPSA) is 98.2 Å². The molecule has 0 unspecified atom stereocenters. The summed E-state index contributed by atoms with van der Waals surface area (Å²) in [6.07, 6.45) is 0.334. The van der Waals surface area contributed by atoms with Crippen LogP contribution in [0, 0.1) is 0 Å². The smallest absolute Gasteiger partial charge is 0.329 e. The highest BCUT2D eigenvalue weighted by atomic mass is 16.6. The fourth-order valence-corrected chi connectivity index (χ4v) is 1.30. The van der Waals surface area contributed by atoms with Crippen LogP contribution in [0.3, 0.4) is 0 Å². The lowest BCUT2D eigenvalue weighted by Crippen LogP contribution is -2.36. The molecule has 0 atom stereocenters. The van der Waals surface area contributed by atoms with Gasteiger partial charge in [0.05, 0.1) is 5.69 Å². The minimum Gasteiger partial charge on any atom is -0.459 e. The maximum absolute atomic E-state index is 11.5. The van der Waals surface area contributed by atoms with E-state index < -0.39 is 29.4 Å². The minimum atomic E-state index is -0.824. The van der Waals surface area contributed by atoms with Crippen LogP contribution in [-0.4, -0.2) is 27.4 Å². The number of rotatable bonds is 3. The molecule has 18 heavy (non-hydrogen) atoms. The standard InChI is InChI=1S/C11H14N2O5/c1-11(2,3)18-9(16)5-13-7(6-14)4-8(15)12-10(13)17/h4,6H,5H2,1-3H3,(H,12,15,17). The summed E-state index contributed by atoms with van der Waals surface area (Å²) in [5.41, 5.74) is -2.38. The second-order valence-electron chi connectivity index (χ2n) is 4.65. The molecule has 98 valence electrons. The molecule has 0 bridgehead atoms. The van der Waals surface area contributed by atoms with Crippen molar-refractivity contribution in [1.82, 2.24) is 9.55 Å². The lowest BCUT2D eigenvalue weighted by Gasteiger charge is -2.19. The van der Waals surface area contributed by atoms with Crippen LogP contribution in [0.15, 0.2) is 15.7 Å². The van der Waals surface area contributed by atoms with Gasteiger partial charge in [0.25, 0.3) is 5.56 Å². The van der Waals surface area contributed by atoms with Gasteiger partial charge in [-0.05, 0) is 20.8 Å². The molecule has 0 aliphatic carbocycles. The molecule has 1 aromatic heterocycles. The average molecular weight is 254 g/mol. The van der Waals surface area contributed by atoms with Gasteiger partial charge in [0, 0.05) is 6.07 Å². The van der Waals surface area contributed by atoms with Crippen LogP contribution < -0.4 is 11.2 Å². The number of nitrogens with zero attached hydrogens (tertiary/aromatic N) is 1. The normalized spacial score (nSPS) is 11.1. The number of carbonyl (C=O) groups is 2. The first kappa shape index (κ1) is 13.9. The molecular formula is C11H14N2O5. The highest BCUT2D eigenvalue weighted by Gasteiger charge is 2.18. The lowest BCUT2D eigenvalue weighted by molar-refractivity contribution is -0.155. The first-order valence-electron chi connectivity index (χ1n) is 5.24. The Bertz CT molecular complexity index is 576. The minimum absolute atomic E-state index is 0.172. The van der Waals surface area contributed by atoms with Crippen molar-refractivity contribution >= 4 is 12.3 Å². The van der Waals surface area contributed by atoms with Gasteiger partial charge in [-0.25, -0.2) is 4.79 Å². The van der Waals surface area contributed by atoms with Gasteiger partial charge in [-0.3, -0.25) is 23.9 Å². The molecule has 1 heterocycles. The summed E-state index contributed by atoms with van der Waals surface area (Å²) in [6, 6.07) is 0.943. The third kappa shape index (κ3) is 3.69. The molecule has 7 heteroatoms. The van der Waals surface area contributed by atoms with E-state index in [0.717, 1.165) is 10.6 Å². The van der Waals surface area contributed by atoms with Gasteiger partial charge in [0.1, 0.15) is 12.1 Å². The molecule has 0 radical (unpaired) electrons. The molecule has 0 aliphatic rings. The molecular weight excluding hydrogens is 240 g/mol. The Morgan fingerprint density at radius 2 is 2.06 bits per heavy atom. The van der Waals surface area contributed by atoms with Gasteiger partial charge >= 0.3 is 11.7 Å². The average Bonchev–Trinajstić information content (AvgIpc) is 2.18. The summed E-state index contributed by atoms with van der Waals surface area (Å²) in [5.74, 6) is -0.667. The highest BCUT2D eigenvalue weighted by molar-refractivity contribution is 5.74. The van der Waals surface area contributed by atoms with Crippen LogP contribution >= 0.6 is 0 Å². The van der Waals surface area contributed by atoms with Crippen molar-refractivity contribution in [2.45, 2.75) is 32.9 Å². The van der Waals surface area contributed by atoms with Crippen molar-refractivity contribution in [1.29, 1.82) is 0 Å². The number of carbonyl (C=O) groups excluding carboxylic acids is 2. The zero-order valence-corrected chi connectivity index (χ0v) is 10.4. The van der Waals surface area contributed by atoms with Gasteiger partial charge in [-0.1, -0.05) is 0 Å². The first-order valence-corrected chi connectivity index (χ1v) is 5.24. The van der Waals surface area contributed by atoms with Gasteiger partial charge in [-0.15, -0.1) is 0 Å². The van der Waals surface area contributed by atoms with Crippen molar-refractivity contribution in [3.05, 3.63) is 32.6 Å². The number of nitrogens with one attached hydrogen (secondary N) is 1. The van der Waals surface area contributed by atoms with Gasteiger partial charge in [0.2, 0.25) is 0 Å². The van der Waals surface area contributed by atoms with E-state index in [9.17, 15) is 19.2 Å². The Balaban J connectivity index is 3.05. The van der Waals surface area contributed by atoms with Gasteiger partial charge in [0.15, 0.2) is 6.29 Å². The molecule has 0 aromatic carbocycles. The van der Waals surface area contributed by atoms with Crippen molar-refractivity contribution in [3.63, 3.8) is 0 Å². The quantitative estimate of drug-likeness (QED) is 0.589. The Morgan fingerprint density at radius 1 is 1.44 bits per heavy atom. The largest absolute Gasteiger partial charge is 0.459 e. The van der Waals surface area contributed by atoms with E-state index in [2.05, 4.69) is 0 Å². The zero-order chi connectivity index (χ0) is 13.9. The first-order chi connectivity index (χ1) is 8.23. The van der Waals surface area contributed by atoms with Crippen molar-refractivity contribution < 1.29 is 14.3 Å². The third-order valence-electron chi connectivity index (χ3n) is 1.89. The van der Waals surface area contributed by atoms with Crippen molar-refractivity contribution in [3.8, 4) is 0 Å². The number of aldehydes is 1. The summed E-state index contributed by atoms with van der Waals surface area (Å²) in [6.45, 7) is 4.62. The molecule has 0 spiro atoms. The molecule has 0 saturated carbocycles. The Kier molecular flexibility index (Phi) is 3.85. The Hall–Kier alpha value is -2.18. The van der Waals surface area contributed by atoms with Crippen LogP contribution in [0.25, 0.3) is 0 Å². The van der Waals surface area contributed by atoms with Crippen LogP contribution in [0.5, 0.6) is 0 Å². The fourth-order valence-electron chi connectivity index (χ4n) is 1.30. The third-order valence-corrected chi connectivity index (χ3v) is 1.89. The van der Waals surface area contributed by atoms with Gasteiger partial charge in [-0.2, -0.15) is 0 Å². The summed E-state index contributed by atoms with van der Waals surface area (Å²) in [7, 11) is 0. The van der Waals surface area contributed by atoms with E-state index in [-0.39, 0.29) is 5.69 Å². The number of aromatic nitrogens is 2. The second-order valence-corrected chi connectivity index (χ2v) is 4.65. The predicted molar refractivity (Wildman–Crippen MR) is 62.6 cm³/mol. The monoisotopic (exact) mass is 254 g/mol. The van der Waals surface area contributed by atoms with E-state index in [0.29, 0.717) is 6.29 Å². The number of esters is 1. The fraction of sp³-hybridized carbons (Fsp3) is 0.455. The Morgan fingerprint density at radius 3 is 2.56 bits per heavy atom. The summed E-state index contributed by atoms with van der Waals surface area (Å²) < 4.78 is 5.87. The van der Waals surface area contributed by atoms with E-state index >= 15 is 0 Å². The van der Waals surface area contributed by atoms with Gasteiger partial charge < -0.3 is 4.74 Å².